The zero-order valence-electron chi connectivity index (χ0n) is 9.34. The van der Waals surface area contributed by atoms with Gasteiger partial charge in [0.15, 0.2) is 0 Å². The lowest BCUT2D eigenvalue weighted by molar-refractivity contribution is -0.142. The van der Waals surface area contributed by atoms with Crippen LogP contribution >= 0.6 is 11.6 Å². The fraction of sp³-hybridized carbons (Fsp3) is 0.273. The minimum Gasteiger partial charge on any atom is -0.508 e. The highest BCUT2D eigenvalue weighted by Crippen LogP contribution is 2.26. The van der Waals surface area contributed by atoms with Crippen molar-refractivity contribution < 1.29 is 24.9 Å². The smallest absolute Gasteiger partial charge is 0.317 e. The van der Waals surface area contributed by atoms with E-state index in [0.717, 1.165) is 4.90 Å². The molecule has 0 bridgehead atoms. The molecule has 0 saturated carbocycles. The molecule has 0 heterocycles. The van der Waals surface area contributed by atoms with E-state index in [4.69, 9.17) is 21.8 Å². The van der Waals surface area contributed by atoms with Crippen molar-refractivity contribution in [3.8, 4) is 5.75 Å². The first kappa shape index (κ1) is 14.3. The van der Waals surface area contributed by atoms with Crippen LogP contribution in [0.5, 0.6) is 5.75 Å². The van der Waals surface area contributed by atoms with Crippen LogP contribution in [-0.4, -0.2) is 45.2 Å². The van der Waals surface area contributed by atoms with Gasteiger partial charge >= 0.3 is 11.9 Å². The lowest BCUT2D eigenvalue weighted by Crippen LogP contribution is -2.34. The number of carboxylic acids is 2. The molecule has 6 nitrogen and oxygen atoms in total. The summed E-state index contributed by atoms with van der Waals surface area (Å²) in [4.78, 5) is 22.4. The van der Waals surface area contributed by atoms with E-state index in [1.165, 1.54) is 12.1 Å². The Bertz CT molecular complexity index is 426. The van der Waals surface area contributed by atoms with Crippen molar-refractivity contribution in [1.82, 2.24) is 4.90 Å². The predicted octanol–water partition coefficient (Wildman–Crippen LogP) is 1.02. The number of aromatic hydroxyl groups is 1. The van der Waals surface area contributed by atoms with Crippen LogP contribution < -0.4 is 0 Å². The molecule has 1 aromatic carbocycles. The summed E-state index contributed by atoms with van der Waals surface area (Å²) in [6.07, 6.45) is 0. The fourth-order valence-electron chi connectivity index (χ4n) is 1.48. The average molecular weight is 274 g/mol. The summed E-state index contributed by atoms with van der Waals surface area (Å²) in [6, 6.07) is 4.48. The van der Waals surface area contributed by atoms with Gasteiger partial charge < -0.3 is 15.3 Å². The van der Waals surface area contributed by atoms with Crippen LogP contribution in [0.4, 0.5) is 0 Å². The van der Waals surface area contributed by atoms with Crippen molar-refractivity contribution in [2.75, 3.05) is 13.1 Å². The molecular formula is C11H12ClNO5. The Balaban J connectivity index is 2.88. The minimum atomic E-state index is -1.15. The van der Waals surface area contributed by atoms with Gasteiger partial charge in [0.1, 0.15) is 5.75 Å². The number of nitrogens with zero attached hydrogens (tertiary/aromatic N) is 1. The first-order valence-electron chi connectivity index (χ1n) is 5.02. The van der Waals surface area contributed by atoms with Gasteiger partial charge in [-0.1, -0.05) is 17.7 Å². The topological polar surface area (TPSA) is 98.1 Å². The monoisotopic (exact) mass is 273 g/mol. The van der Waals surface area contributed by atoms with Crippen LogP contribution in [0, 0.1) is 0 Å². The van der Waals surface area contributed by atoms with Crippen LogP contribution in [0.1, 0.15) is 5.56 Å². The molecule has 0 aromatic heterocycles. The molecule has 0 fully saturated rings. The Morgan fingerprint density at radius 3 is 2.17 bits per heavy atom. The molecule has 0 radical (unpaired) electrons. The van der Waals surface area contributed by atoms with E-state index in [1.54, 1.807) is 6.07 Å². The normalized spacial score (nSPS) is 10.6. The Labute approximate surface area is 108 Å². The van der Waals surface area contributed by atoms with E-state index in [2.05, 4.69) is 0 Å². The summed E-state index contributed by atoms with van der Waals surface area (Å²) in [5, 5.41) is 27.2. The number of carboxylic acid groups (broad SMARTS) is 2. The lowest BCUT2D eigenvalue weighted by Gasteiger charge is -2.19. The molecule has 0 unspecified atom stereocenters. The van der Waals surface area contributed by atoms with Gasteiger partial charge in [-0.2, -0.15) is 0 Å². The molecule has 1 rings (SSSR count). The first-order chi connectivity index (χ1) is 8.40. The van der Waals surface area contributed by atoms with Gasteiger partial charge in [-0.25, -0.2) is 0 Å². The molecule has 0 aliphatic rings. The highest BCUT2D eigenvalue weighted by atomic mass is 35.5. The van der Waals surface area contributed by atoms with Gasteiger partial charge in [0.2, 0.25) is 0 Å². The molecule has 18 heavy (non-hydrogen) atoms. The Morgan fingerprint density at radius 1 is 1.17 bits per heavy atom. The second-order valence-electron chi connectivity index (χ2n) is 3.67. The molecule has 3 N–H and O–H groups in total. The van der Waals surface area contributed by atoms with Gasteiger partial charge in [-0.15, -0.1) is 0 Å². The number of halogens is 1. The number of hydrogen-bond donors (Lipinski definition) is 3. The molecule has 0 aliphatic heterocycles. The second-order valence-corrected chi connectivity index (χ2v) is 4.08. The largest absolute Gasteiger partial charge is 0.508 e. The van der Waals surface area contributed by atoms with Crippen molar-refractivity contribution in [2.45, 2.75) is 6.54 Å². The van der Waals surface area contributed by atoms with Crippen molar-refractivity contribution in [1.29, 1.82) is 0 Å². The standard InChI is InChI=1S/C11H12ClNO5/c12-8-2-1-3-9(14)7(8)4-13(5-10(15)16)6-11(17)18/h1-3,14H,4-6H2,(H,15,16)(H,17,18). The molecule has 0 atom stereocenters. The quantitative estimate of drug-likeness (QED) is 0.716. The summed E-state index contributed by atoms with van der Waals surface area (Å²) < 4.78 is 0. The number of phenolic OH excluding ortho intramolecular Hbond substituents is 1. The van der Waals surface area contributed by atoms with E-state index in [0.29, 0.717) is 5.56 Å². The molecular weight excluding hydrogens is 262 g/mol. The molecule has 98 valence electrons. The maximum Gasteiger partial charge on any atom is 0.317 e. The predicted molar refractivity (Wildman–Crippen MR) is 63.7 cm³/mol. The fourth-order valence-corrected chi connectivity index (χ4v) is 1.71. The molecule has 7 heteroatoms. The van der Waals surface area contributed by atoms with Crippen LogP contribution in [0.3, 0.4) is 0 Å². The summed E-state index contributed by atoms with van der Waals surface area (Å²) >= 11 is 5.87. The summed E-state index contributed by atoms with van der Waals surface area (Å²) in [7, 11) is 0. The van der Waals surface area contributed by atoms with Crippen molar-refractivity contribution >= 4 is 23.5 Å². The van der Waals surface area contributed by atoms with Crippen LogP contribution in [-0.2, 0) is 16.1 Å². The van der Waals surface area contributed by atoms with E-state index in [9.17, 15) is 14.7 Å². The van der Waals surface area contributed by atoms with Gasteiger partial charge in [0, 0.05) is 17.1 Å². The third-order valence-electron chi connectivity index (χ3n) is 2.19. The molecule has 0 spiro atoms. The summed E-state index contributed by atoms with van der Waals surface area (Å²) in [6.45, 7) is -0.946. The van der Waals surface area contributed by atoms with Crippen LogP contribution in [0.15, 0.2) is 18.2 Å². The SMILES string of the molecule is O=C(O)CN(CC(=O)O)Cc1c(O)cccc1Cl. The molecule has 0 amide bonds. The number of carbonyl (C=O) groups is 2. The van der Waals surface area contributed by atoms with Crippen molar-refractivity contribution in [3.63, 3.8) is 0 Å². The van der Waals surface area contributed by atoms with E-state index < -0.39 is 25.0 Å². The van der Waals surface area contributed by atoms with Crippen molar-refractivity contribution in [2.24, 2.45) is 0 Å². The Kier molecular flexibility index (Phi) is 4.94. The average Bonchev–Trinajstić information content (AvgIpc) is 2.21. The summed E-state index contributed by atoms with van der Waals surface area (Å²) in [5.41, 5.74) is 0.307. The van der Waals surface area contributed by atoms with Crippen molar-refractivity contribution in [3.05, 3.63) is 28.8 Å². The van der Waals surface area contributed by atoms with Gasteiger partial charge in [-0.3, -0.25) is 14.5 Å². The Hall–Kier alpha value is -1.79. The first-order valence-corrected chi connectivity index (χ1v) is 5.40. The maximum absolute atomic E-state index is 10.6. The zero-order valence-corrected chi connectivity index (χ0v) is 10.1. The third-order valence-corrected chi connectivity index (χ3v) is 2.55. The molecule has 1 aromatic rings. The minimum absolute atomic E-state index is 0.0515. The van der Waals surface area contributed by atoms with E-state index in [1.807, 2.05) is 0 Å². The van der Waals surface area contributed by atoms with Crippen LogP contribution in [0.2, 0.25) is 5.02 Å². The number of benzene rings is 1. The van der Waals surface area contributed by atoms with Crippen LogP contribution in [0.25, 0.3) is 0 Å². The highest BCUT2D eigenvalue weighted by Gasteiger charge is 2.17. The molecule has 0 aliphatic carbocycles. The lowest BCUT2D eigenvalue weighted by atomic mass is 10.2. The summed E-state index contributed by atoms with van der Waals surface area (Å²) in [5.74, 6) is -2.39. The maximum atomic E-state index is 10.6. The molecule has 0 saturated heterocycles. The highest BCUT2D eigenvalue weighted by molar-refractivity contribution is 6.31. The third kappa shape index (κ3) is 4.23. The Morgan fingerprint density at radius 2 is 1.72 bits per heavy atom. The van der Waals surface area contributed by atoms with Gasteiger partial charge in [0.05, 0.1) is 13.1 Å². The van der Waals surface area contributed by atoms with E-state index >= 15 is 0 Å². The van der Waals surface area contributed by atoms with Gasteiger partial charge in [0.25, 0.3) is 0 Å². The van der Waals surface area contributed by atoms with Gasteiger partial charge in [-0.05, 0) is 12.1 Å². The number of rotatable bonds is 6. The number of aliphatic carboxylic acids is 2. The van der Waals surface area contributed by atoms with E-state index in [-0.39, 0.29) is 17.3 Å². The zero-order chi connectivity index (χ0) is 13.7. The number of hydrogen-bond acceptors (Lipinski definition) is 4. The second kappa shape index (κ2) is 6.23. The number of phenols is 1.